The van der Waals surface area contributed by atoms with Gasteiger partial charge in [0.1, 0.15) is 11.1 Å². The van der Waals surface area contributed by atoms with Crippen molar-refractivity contribution in [2.45, 2.75) is 5.37 Å². The number of pyridine rings is 1. The summed E-state index contributed by atoms with van der Waals surface area (Å²) in [5.74, 6) is 2.11. The molecule has 1 fully saturated rings. The minimum Gasteiger partial charge on any atom is -0.496 e. The van der Waals surface area contributed by atoms with Crippen molar-refractivity contribution in [2.24, 2.45) is 0 Å². The highest BCUT2D eigenvalue weighted by atomic mass is 79.9. The quantitative estimate of drug-likeness (QED) is 0.770. The lowest BCUT2D eigenvalue weighted by Crippen LogP contribution is -2.30. The van der Waals surface area contributed by atoms with Crippen LogP contribution in [0.5, 0.6) is 11.6 Å². The fourth-order valence-electron chi connectivity index (χ4n) is 2.61. The molecule has 1 atom stereocenters. The smallest absolute Gasteiger partial charge is 0.255 e. The topological polar surface area (TPSA) is 51.7 Å². The molecule has 0 radical (unpaired) electrons. The molecule has 3 rings (SSSR count). The van der Waals surface area contributed by atoms with Crippen LogP contribution in [0.4, 0.5) is 0 Å². The maximum Gasteiger partial charge on any atom is 0.255 e. The molecule has 0 N–H and O–H groups in total. The average Bonchev–Trinajstić information content (AvgIpc) is 3.10. The molecule has 2 aromatic rings. The minimum absolute atomic E-state index is 0.0149. The average molecular weight is 409 g/mol. The number of ether oxygens (including phenoxy) is 2. The van der Waals surface area contributed by atoms with Gasteiger partial charge in [0, 0.05) is 30.1 Å². The first-order valence-electron chi connectivity index (χ1n) is 7.40. The predicted molar refractivity (Wildman–Crippen MR) is 97.7 cm³/mol. The van der Waals surface area contributed by atoms with Gasteiger partial charge in [0.05, 0.1) is 18.7 Å². The molecule has 1 aromatic carbocycles. The molecule has 5 nitrogen and oxygen atoms in total. The summed E-state index contributed by atoms with van der Waals surface area (Å²) in [5, 5.41) is -0.0149. The van der Waals surface area contributed by atoms with Crippen molar-refractivity contribution in [1.29, 1.82) is 0 Å². The van der Waals surface area contributed by atoms with Crippen LogP contribution >= 0.6 is 27.7 Å². The van der Waals surface area contributed by atoms with Crippen molar-refractivity contribution >= 4 is 33.6 Å². The van der Waals surface area contributed by atoms with E-state index in [1.807, 2.05) is 23.1 Å². The number of amides is 1. The van der Waals surface area contributed by atoms with E-state index < -0.39 is 0 Å². The highest BCUT2D eigenvalue weighted by molar-refractivity contribution is 9.10. The van der Waals surface area contributed by atoms with Crippen LogP contribution in [-0.4, -0.2) is 42.3 Å². The molecule has 1 aromatic heterocycles. The third kappa shape index (κ3) is 3.37. The Bertz CT molecular complexity index is 756. The fraction of sp³-hybridized carbons (Fsp3) is 0.294. The van der Waals surface area contributed by atoms with Gasteiger partial charge in [0.15, 0.2) is 0 Å². The summed E-state index contributed by atoms with van der Waals surface area (Å²) in [6, 6.07) is 9.31. The van der Waals surface area contributed by atoms with Gasteiger partial charge in [-0.2, -0.15) is 0 Å². The zero-order chi connectivity index (χ0) is 17.1. The minimum atomic E-state index is -0.0161. The van der Waals surface area contributed by atoms with Crippen LogP contribution in [-0.2, 0) is 0 Å². The summed E-state index contributed by atoms with van der Waals surface area (Å²) >= 11 is 5.27. The molecule has 0 bridgehead atoms. The van der Waals surface area contributed by atoms with Crippen LogP contribution in [0.1, 0.15) is 21.3 Å². The molecule has 2 heterocycles. The number of halogens is 1. The number of rotatable bonds is 4. The molecule has 24 heavy (non-hydrogen) atoms. The predicted octanol–water partition coefficient (Wildman–Crippen LogP) is 3.75. The lowest BCUT2D eigenvalue weighted by atomic mass is 10.1. The maximum atomic E-state index is 12.9. The number of benzene rings is 1. The summed E-state index contributed by atoms with van der Waals surface area (Å²) in [4.78, 5) is 18.8. The van der Waals surface area contributed by atoms with Crippen molar-refractivity contribution < 1.29 is 14.3 Å². The summed E-state index contributed by atoms with van der Waals surface area (Å²) in [6.45, 7) is 0.711. The van der Waals surface area contributed by atoms with Crippen LogP contribution < -0.4 is 9.47 Å². The van der Waals surface area contributed by atoms with Gasteiger partial charge in [-0.05, 0) is 39.7 Å². The van der Waals surface area contributed by atoms with Gasteiger partial charge in [-0.25, -0.2) is 4.98 Å². The van der Waals surface area contributed by atoms with Crippen molar-refractivity contribution in [3.05, 3.63) is 52.1 Å². The second kappa shape index (κ2) is 7.44. The van der Waals surface area contributed by atoms with Crippen LogP contribution in [0.25, 0.3) is 0 Å². The number of hydrogen-bond donors (Lipinski definition) is 0. The first-order chi connectivity index (χ1) is 11.6. The molecule has 1 unspecified atom stereocenters. The van der Waals surface area contributed by atoms with E-state index in [1.54, 1.807) is 44.3 Å². The highest BCUT2D eigenvalue weighted by Crippen LogP contribution is 2.41. The summed E-state index contributed by atoms with van der Waals surface area (Å²) in [6.07, 6.45) is 1.59. The van der Waals surface area contributed by atoms with E-state index in [4.69, 9.17) is 9.47 Å². The van der Waals surface area contributed by atoms with Gasteiger partial charge in [-0.3, -0.25) is 4.79 Å². The standard InChI is InChI=1S/C17H17BrN2O3S/c1-22-14-4-3-12(9-13(14)18)17-20(7-8-24-17)16(21)11-5-6-19-15(10-11)23-2/h3-6,9-10,17H,7-8H2,1-2H3. The Morgan fingerprint density at radius 3 is 2.83 bits per heavy atom. The number of carbonyl (C=O) groups excluding carboxylic acids is 1. The molecular formula is C17H17BrN2O3S. The van der Waals surface area contributed by atoms with Crippen LogP contribution in [0.15, 0.2) is 41.0 Å². The SMILES string of the molecule is COc1cc(C(=O)N2CCSC2c2ccc(OC)c(Br)c2)ccn1. The summed E-state index contributed by atoms with van der Waals surface area (Å²) in [7, 11) is 3.18. The first kappa shape index (κ1) is 17.1. The Balaban J connectivity index is 1.87. The number of hydrogen-bond acceptors (Lipinski definition) is 5. The number of aromatic nitrogens is 1. The van der Waals surface area contributed by atoms with Crippen molar-refractivity contribution in [2.75, 3.05) is 26.5 Å². The zero-order valence-electron chi connectivity index (χ0n) is 13.4. The number of carbonyl (C=O) groups is 1. The Morgan fingerprint density at radius 1 is 1.29 bits per heavy atom. The molecule has 0 aliphatic carbocycles. The molecule has 126 valence electrons. The van der Waals surface area contributed by atoms with Gasteiger partial charge >= 0.3 is 0 Å². The van der Waals surface area contributed by atoms with Crippen LogP contribution in [0, 0.1) is 0 Å². The van der Waals surface area contributed by atoms with Crippen molar-refractivity contribution in [1.82, 2.24) is 9.88 Å². The van der Waals surface area contributed by atoms with E-state index in [9.17, 15) is 4.79 Å². The molecule has 1 amide bonds. The first-order valence-corrected chi connectivity index (χ1v) is 9.24. The normalized spacial score (nSPS) is 17.0. The van der Waals surface area contributed by atoms with E-state index in [0.29, 0.717) is 18.0 Å². The Labute approximate surface area is 153 Å². The second-order valence-electron chi connectivity index (χ2n) is 5.20. The van der Waals surface area contributed by atoms with E-state index >= 15 is 0 Å². The van der Waals surface area contributed by atoms with E-state index in [1.165, 1.54) is 0 Å². The number of nitrogens with zero attached hydrogens (tertiary/aromatic N) is 2. The monoisotopic (exact) mass is 408 g/mol. The highest BCUT2D eigenvalue weighted by Gasteiger charge is 2.31. The van der Waals surface area contributed by atoms with Gasteiger partial charge in [-0.15, -0.1) is 11.8 Å². The zero-order valence-corrected chi connectivity index (χ0v) is 15.8. The van der Waals surface area contributed by atoms with Gasteiger partial charge in [0.25, 0.3) is 5.91 Å². The fourth-order valence-corrected chi connectivity index (χ4v) is 4.41. The molecule has 7 heteroatoms. The number of thioether (sulfide) groups is 1. The summed E-state index contributed by atoms with van der Waals surface area (Å²) in [5.41, 5.74) is 1.65. The third-order valence-electron chi connectivity index (χ3n) is 3.80. The molecular weight excluding hydrogens is 392 g/mol. The Morgan fingerprint density at radius 2 is 2.12 bits per heavy atom. The van der Waals surface area contributed by atoms with E-state index in [2.05, 4.69) is 20.9 Å². The molecule has 1 aliphatic heterocycles. The lowest BCUT2D eigenvalue weighted by Gasteiger charge is -2.24. The van der Waals surface area contributed by atoms with Gasteiger partial charge in [0.2, 0.25) is 5.88 Å². The van der Waals surface area contributed by atoms with Crippen molar-refractivity contribution in [3.8, 4) is 11.6 Å². The number of methoxy groups -OCH3 is 2. The molecule has 0 saturated carbocycles. The molecule has 1 aliphatic rings. The lowest BCUT2D eigenvalue weighted by molar-refractivity contribution is 0.0759. The van der Waals surface area contributed by atoms with Crippen LogP contribution in [0.2, 0.25) is 0 Å². The largest absolute Gasteiger partial charge is 0.496 e. The maximum absolute atomic E-state index is 12.9. The van der Waals surface area contributed by atoms with Gasteiger partial charge < -0.3 is 14.4 Å². The van der Waals surface area contributed by atoms with Crippen LogP contribution in [0.3, 0.4) is 0 Å². The van der Waals surface area contributed by atoms with Crippen molar-refractivity contribution in [3.63, 3.8) is 0 Å². The second-order valence-corrected chi connectivity index (χ2v) is 7.24. The van der Waals surface area contributed by atoms with E-state index in [-0.39, 0.29) is 11.3 Å². The Hall–Kier alpha value is -1.73. The summed E-state index contributed by atoms with van der Waals surface area (Å²) < 4.78 is 11.3. The molecule has 1 saturated heterocycles. The van der Waals surface area contributed by atoms with Gasteiger partial charge in [-0.1, -0.05) is 6.07 Å². The Kier molecular flexibility index (Phi) is 5.30. The third-order valence-corrected chi connectivity index (χ3v) is 5.68. The van der Waals surface area contributed by atoms with E-state index in [0.717, 1.165) is 21.5 Å². The molecule has 0 spiro atoms.